The predicted molar refractivity (Wildman–Crippen MR) is 92.8 cm³/mol. The quantitative estimate of drug-likeness (QED) is 0.537. The van der Waals surface area contributed by atoms with Crippen molar-refractivity contribution in [3.8, 4) is 0 Å². The van der Waals surface area contributed by atoms with Gasteiger partial charge >= 0.3 is 0 Å². The largest absolute Gasteiger partial charge is 0.247 e. The van der Waals surface area contributed by atoms with Crippen LogP contribution in [0.15, 0.2) is 0 Å². The fourth-order valence-corrected chi connectivity index (χ4v) is 5.93. The first-order chi connectivity index (χ1) is 11.0. The molecule has 3 saturated carbocycles. The van der Waals surface area contributed by atoms with Gasteiger partial charge in [0.25, 0.3) is 0 Å². The third-order valence-corrected chi connectivity index (χ3v) is 7.80. The van der Waals surface area contributed by atoms with Crippen LogP contribution in [0.1, 0.15) is 78.6 Å². The molecular formula is C21H36F2. The molecular weight excluding hydrogens is 290 g/mol. The van der Waals surface area contributed by atoms with Gasteiger partial charge in [-0.2, -0.15) is 0 Å². The summed E-state index contributed by atoms with van der Waals surface area (Å²) in [5, 5.41) is 0. The van der Waals surface area contributed by atoms with E-state index in [0.29, 0.717) is 30.6 Å². The molecule has 23 heavy (non-hydrogen) atoms. The average molecular weight is 327 g/mol. The van der Waals surface area contributed by atoms with E-state index >= 15 is 0 Å². The van der Waals surface area contributed by atoms with E-state index in [0.717, 1.165) is 37.5 Å². The molecule has 0 aromatic heterocycles. The molecule has 0 nitrogen and oxygen atoms in total. The smallest absolute Gasteiger partial charge is 0.103 e. The van der Waals surface area contributed by atoms with Gasteiger partial charge in [-0.3, -0.25) is 0 Å². The Morgan fingerprint density at radius 3 is 1.74 bits per heavy atom. The molecule has 0 spiro atoms. The Hall–Kier alpha value is -0.140. The molecule has 0 aliphatic heterocycles. The third-order valence-electron chi connectivity index (χ3n) is 7.80. The molecule has 0 amide bonds. The fraction of sp³-hybridized carbons (Fsp3) is 1.00. The first kappa shape index (κ1) is 17.7. The Bertz CT molecular complexity index is 382. The van der Waals surface area contributed by atoms with Crippen LogP contribution < -0.4 is 0 Å². The number of rotatable bonds is 2. The maximum atomic E-state index is 14.9. The van der Waals surface area contributed by atoms with Gasteiger partial charge in [0, 0.05) is 0 Å². The highest BCUT2D eigenvalue weighted by molar-refractivity contribution is 4.92. The van der Waals surface area contributed by atoms with Gasteiger partial charge < -0.3 is 0 Å². The van der Waals surface area contributed by atoms with Crippen molar-refractivity contribution in [3.05, 3.63) is 0 Å². The zero-order valence-corrected chi connectivity index (χ0v) is 15.3. The predicted octanol–water partition coefficient (Wildman–Crippen LogP) is 6.59. The topological polar surface area (TPSA) is 0 Å². The number of hydrogen-bond donors (Lipinski definition) is 0. The van der Waals surface area contributed by atoms with Crippen LogP contribution in [0.2, 0.25) is 0 Å². The van der Waals surface area contributed by atoms with Crippen LogP contribution >= 0.6 is 0 Å². The second-order valence-corrected chi connectivity index (χ2v) is 9.38. The van der Waals surface area contributed by atoms with Crippen LogP contribution in [-0.4, -0.2) is 12.3 Å². The number of hydrogen-bond acceptors (Lipinski definition) is 0. The minimum Gasteiger partial charge on any atom is -0.247 e. The van der Waals surface area contributed by atoms with Crippen LogP contribution in [0.25, 0.3) is 0 Å². The molecule has 0 aromatic carbocycles. The van der Waals surface area contributed by atoms with E-state index in [-0.39, 0.29) is 11.8 Å². The van der Waals surface area contributed by atoms with E-state index in [1.54, 1.807) is 0 Å². The lowest BCUT2D eigenvalue weighted by Crippen LogP contribution is -2.40. The van der Waals surface area contributed by atoms with Crippen LogP contribution in [0, 0.1) is 41.4 Å². The van der Waals surface area contributed by atoms with Crippen molar-refractivity contribution in [1.82, 2.24) is 0 Å². The van der Waals surface area contributed by atoms with Gasteiger partial charge in [-0.05, 0) is 86.4 Å². The summed E-state index contributed by atoms with van der Waals surface area (Å²) in [4.78, 5) is 0. The van der Waals surface area contributed by atoms with Crippen molar-refractivity contribution in [2.45, 2.75) is 90.9 Å². The summed E-state index contributed by atoms with van der Waals surface area (Å²) in [6.45, 7) is 6.84. The van der Waals surface area contributed by atoms with Crippen molar-refractivity contribution in [2.75, 3.05) is 0 Å². The Balaban J connectivity index is 1.55. The summed E-state index contributed by atoms with van der Waals surface area (Å²) in [7, 11) is 0. The molecule has 0 heterocycles. The van der Waals surface area contributed by atoms with Crippen molar-refractivity contribution >= 4 is 0 Å². The van der Waals surface area contributed by atoms with E-state index in [9.17, 15) is 8.78 Å². The van der Waals surface area contributed by atoms with Gasteiger partial charge in [-0.25, -0.2) is 8.78 Å². The highest BCUT2D eigenvalue weighted by atomic mass is 19.1. The van der Waals surface area contributed by atoms with Gasteiger partial charge in [0.2, 0.25) is 0 Å². The lowest BCUT2D eigenvalue weighted by molar-refractivity contribution is 0.00326. The normalized spacial score (nSPS) is 52.3. The van der Waals surface area contributed by atoms with E-state index < -0.39 is 12.3 Å². The van der Waals surface area contributed by atoms with Crippen LogP contribution in [-0.2, 0) is 0 Å². The van der Waals surface area contributed by atoms with Gasteiger partial charge in [-0.1, -0.05) is 33.6 Å². The lowest BCUT2D eigenvalue weighted by atomic mass is 9.63. The van der Waals surface area contributed by atoms with Gasteiger partial charge in [0.1, 0.15) is 12.3 Å². The molecule has 3 fully saturated rings. The highest BCUT2D eigenvalue weighted by Crippen LogP contribution is 2.48. The first-order valence-electron chi connectivity index (χ1n) is 10.2. The Labute approximate surface area is 141 Å². The molecule has 2 heteroatoms. The zero-order valence-electron chi connectivity index (χ0n) is 15.3. The summed E-state index contributed by atoms with van der Waals surface area (Å²) in [6.07, 6.45) is 7.91. The van der Waals surface area contributed by atoms with Gasteiger partial charge in [0.15, 0.2) is 0 Å². The minimum absolute atomic E-state index is 0.149. The molecule has 0 N–H and O–H groups in total. The fourth-order valence-electron chi connectivity index (χ4n) is 5.93. The maximum Gasteiger partial charge on any atom is 0.103 e. The summed E-state index contributed by atoms with van der Waals surface area (Å²) in [6, 6.07) is 0. The minimum atomic E-state index is -0.678. The Kier molecular flexibility index (Phi) is 5.68. The SMILES string of the molecule is CC1CCC(C2CCC(C3CCC(C)C(C)C3)C(F)C2)C(F)C1. The molecule has 3 rings (SSSR count). The molecule has 9 atom stereocenters. The molecule has 134 valence electrons. The number of halogens is 2. The Morgan fingerprint density at radius 1 is 0.565 bits per heavy atom. The van der Waals surface area contributed by atoms with Crippen molar-refractivity contribution in [1.29, 1.82) is 0 Å². The highest BCUT2D eigenvalue weighted by Gasteiger charge is 2.42. The van der Waals surface area contributed by atoms with Crippen molar-refractivity contribution < 1.29 is 8.78 Å². The molecule has 0 saturated heterocycles. The van der Waals surface area contributed by atoms with Crippen LogP contribution in [0.4, 0.5) is 8.78 Å². The first-order valence-corrected chi connectivity index (χ1v) is 10.2. The second kappa shape index (κ2) is 7.40. The van der Waals surface area contributed by atoms with E-state index in [4.69, 9.17) is 0 Å². The summed E-state index contributed by atoms with van der Waals surface area (Å²) < 4.78 is 29.4. The van der Waals surface area contributed by atoms with Crippen LogP contribution in [0.5, 0.6) is 0 Å². The lowest BCUT2D eigenvalue weighted by Gasteiger charge is -2.44. The van der Waals surface area contributed by atoms with Crippen LogP contribution in [0.3, 0.4) is 0 Å². The second-order valence-electron chi connectivity index (χ2n) is 9.38. The molecule has 3 aliphatic carbocycles. The standard InChI is InChI=1S/C21H36F2/c1-13-4-8-18(20(22)10-13)17-7-9-19(21(23)12-17)16-6-5-14(2)15(3)11-16/h13-21H,4-12H2,1-3H3. The molecule has 9 unspecified atom stereocenters. The third kappa shape index (κ3) is 3.93. The van der Waals surface area contributed by atoms with Crippen molar-refractivity contribution in [2.24, 2.45) is 41.4 Å². The van der Waals surface area contributed by atoms with Gasteiger partial charge in [-0.15, -0.1) is 0 Å². The average Bonchev–Trinajstić information content (AvgIpc) is 2.50. The van der Waals surface area contributed by atoms with E-state index in [2.05, 4.69) is 20.8 Å². The van der Waals surface area contributed by atoms with Gasteiger partial charge in [0.05, 0.1) is 0 Å². The summed E-state index contributed by atoms with van der Waals surface area (Å²) in [5.74, 6) is 3.38. The molecule has 3 aliphatic rings. The molecule has 0 radical (unpaired) electrons. The maximum absolute atomic E-state index is 14.9. The summed E-state index contributed by atoms with van der Waals surface area (Å²) >= 11 is 0. The monoisotopic (exact) mass is 326 g/mol. The Morgan fingerprint density at radius 2 is 1.13 bits per heavy atom. The summed E-state index contributed by atoms with van der Waals surface area (Å²) in [5.41, 5.74) is 0. The zero-order chi connectivity index (χ0) is 16.6. The van der Waals surface area contributed by atoms with E-state index in [1.807, 2.05) is 0 Å². The molecule has 0 bridgehead atoms. The van der Waals surface area contributed by atoms with E-state index in [1.165, 1.54) is 19.3 Å². The molecule has 0 aromatic rings. The number of alkyl halides is 2. The van der Waals surface area contributed by atoms with Crippen molar-refractivity contribution in [3.63, 3.8) is 0 Å².